The summed E-state index contributed by atoms with van der Waals surface area (Å²) >= 11 is 0. The molecule has 11 atom stereocenters. The van der Waals surface area contributed by atoms with Crippen molar-refractivity contribution in [2.75, 3.05) is 20.2 Å². The van der Waals surface area contributed by atoms with Crippen molar-refractivity contribution < 1.29 is 28.9 Å². The highest BCUT2D eigenvalue weighted by Gasteiger charge is 2.85. The van der Waals surface area contributed by atoms with Gasteiger partial charge in [-0.15, -0.1) is 12.4 Å². The summed E-state index contributed by atoms with van der Waals surface area (Å²) in [5.41, 5.74) is -1.08. The smallest absolute Gasteiger partial charge is 0.338 e. The summed E-state index contributed by atoms with van der Waals surface area (Å²) in [6.45, 7) is 6.27. The number of rotatable bonds is 4. The molecule has 1 aromatic carbocycles. The van der Waals surface area contributed by atoms with Gasteiger partial charge in [0.15, 0.2) is 0 Å². The topological polar surface area (TPSA) is 85.3 Å². The Balaban J connectivity index is 0.00000252. The van der Waals surface area contributed by atoms with Crippen molar-refractivity contribution in [1.29, 1.82) is 0 Å². The van der Waals surface area contributed by atoms with Gasteiger partial charge < -0.3 is 19.3 Å². The van der Waals surface area contributed by atoms with Crippen LogP contribution in [0.5, 0.6) is 0 Å². The van der Waals surface area contributed by atoms with Gasteiger partial charge >= 0.3 is 11.9 Å². The van der Waals surface area contributed by atoms with Gasteiger partial charge in [0.25, 0.3) is 0 Å². The zero-order chi connectivity index (χ0) is 25.0. The fraction of sp³-hybridized carbons (Fsp3) is 0.724. The summed E-state index contributed by atoms with van der Waals surface area (Å²) in [6.07, 6.45) is 2.95. The van der Waals surface area contributed by atoms with E-state index in [9.17, 15) is 14.7 Å². The van der Waals surface area contributed by atoms with Crippen molar-refractivity contribution in [2.24, 2.45) is 34.5 Å². The summed E-state index contributed by atoms with van der Waals surface area (Å²) in [5, 5.41) is 12.3. The largest absolute Gasteiger partial charge is 0.462 e. The first-order valence-corrected chi connectivity index (χ1v) is 13.8. The van der Waals surface area contributed by atoms with Crippen molar-refractivity contribution in [3.63, 3.8) is 0 Å². The van der Waals surface area contributed by atoms with E-state index in [0.717, 1.165) is 32.4 Å². The summed E-state index contributed by atoms with van der Waals surface area (Å²) in [5.74, 6) is -1.68. The minimum Gasteiger partial charge on any atom is -0.462 e. The summed E-state index contributed by atoms with van der Waals surface area (Å²) < 4.78 is 18.8. The van der Waals surface area contributed by atoms with Crippen LogP contribution in [0.15, 0.2) is 30.3 Å². The van der Waals surface area contributed by atoms with Gasteiger partial charge in [-0.25, -0.2) is 4.79 Å². The van der Waals surface area contributed by atoms with Crippen LogP contribution in [0.25, 0.3) is 0 Å². The number of likely N-dealkylation sites (tertiary alicyclic amines) is 1. The maximum atomic E-state index is 13.8. The van der Waals surface area contributed by atoms with Crippen molar-refractivity contribution >= 4 is 24.3 Å². The third-order valence-electron chi connectivity index (χ3n) is 11.4. The molecule has 1 aromatic rings. The van der Waals surface area contributed by atoms with Crippen molar-refractivity contribution in [3.05, 3.63) is 35.9 Å². The second-order valence-corrected chi connectivity index (χ2v) is 12.5. The van der Waals surface area contributed by atoms with Crippen LogP contribution in [-0.4, -0.2) is 72.1 Å². The molecular weight excluding hydrogens is 494 g/mol. The first-order valence-electron chi connectivity index (χ1n) is 13.8. The fourth-order valence-corrected chi connectivity index (χ4v) is 10.6. The molecule has 4 saturated carbocycles. The highest BCUT2D eigenvalue weighted by atomic mass is 35.5. The maximum Gasteiger partial charge on any atom is 0.338 e. The van der Waals surface area contributed by atoms with Crippen molar-refractivity contribution in [3.8, 4) is 0 Å². The average Bonchev–Trinajstić information content (AvgIpc) is 2.95. The molecular formula is C29H38ClNO6. The number of esters is 2. The molecule has 1 spiro atoms. The van der Waals surface area contributed by atoms with Gasteiger partial charge in [-0.2, -0.15) is 0 Å². The number of nitrogens with zero attached hydrogens (tertiary/aromatic N) is 1. The molecule has 3 heterocycles. The molecule has 7 fully saturated rings. The monoisotopic (exact) mass is 531 g/mol. The van der Waals surface area contributed by atoms with E-state index in [0.29, 0.717) is 18.4 Å². The van der Waals surface area contributed by atoms with E-state index in [1.165, 1.54) is 0 Å². The van der Waals surface area contributed by atoms with Crippen LogP contribution < -0.4 is 0 Å². The average molecular weight is 532 g/mol. The molecule has 202 valence electrons. The van der Waals surface area contributed by atoms with Crippen LogP contribution in [-0.2, 0) is 19.0 Å². The number of aliphatic hydroxyl groups excluding tert-OH is 1. The van der Waals surface area contributed by atoms with Gasteiger partial charge in [-0.3, -0.25) is 9.69 Å². The zero-order valence-corrected chi connectivity index (χ0v) is 22.6. The number of hydrogen-bond donors (Lipinski definition) is 1. The molecule has 0 aromatic heterocycles. The number of methoxy groups -OCH3 is 1. The van der Waals surface area contributed by atoms with E-state index in [1.807, 2.05) is 18.2 Å². The Bertz CT molecular complexity index is 1100. The molecule has 3 saturated heterocycles. The SMILES string of the molecule is CCN1C[C@]2(C)CC[C@H](OC)[C@]34C1[C@H]([C@@H](O)[C@H]23)[C@@]1(OC(=O)c2ccccc2)CC[C@H]2C[C@@H]4[C@@H]1C(=O)O2.Cl. The number of carbonyl (C=O) groups is 2. The van der Waals surface area contributed by atoms with Gasteiger partial charge in [0.05, 0.1) is 17.8 Å². The van der Waals surface area contributed by atoms with Gasteiger partial charge in [0.2, 0.25) is 0 Å². The highest BCUT2D eigenvalue weighted by molar-refractivity contribution is 5.90. The number of hydrogen-bond acceptors (Lipinski definition) is 7. The maximum absolute atomic E-state index is 13.8. The summed E-state index contributed by atoms with van der Waals surface area (Å²) in [4.78, 5) is 30.0. The van der Waals surface area contributed by atoms with E-state index in [4.69, 9.17) is 14.2 Å². The van der Waals surface area contributed by atoms with Crippen molar-refractivity contribution in [2.45, 2.75) is 75.9 Å². The highest BCUT2D eigenvalue weighted by Crippen LogP contribution is 2.77. The fourth-order valence-electron chi connectivity index (χ4n) is 10.6. The van der Waals surface area contributed by atoms with E-state index >= 15 is 0 Å². The minimum atomic E-state index is -1.09. The van der Waals surface area contributed by atoms with Gasteiger partial charge in [-0.05, 0) is 62.1 Å². The van der Waals surface area contributed by atoms with Crippen LogP contribution in [0.4, 0.5) is 0 Å². The molecule has 1 N–H and O–H groups in total. The third-order valence-corrected chi connectivity index (χ3v) is 11.4. The van der Waals surface area contributed by atoms with Crippen LogP contribution in [0, 0.1) is 34.5 Å². The third kappa shape index (κ3) is 2.95. The predicted molar refractivity (Wildman–Crippen MR) is 137 cm³/mol. The molecule has 0 radical (unpaired) electrons. The Labute approximate surface area is 224 Å². The van der Waals surface area contributed by atoms with E-state index < -0.39 is 23.6 Å². The number of halogens is 1. The molecule has 7 nitrogen and oxygen atoms in total. The van der Waals surface area contributed by atoms with Crippen LogP contribution in [0.2, 0.25) is 0 Å². The number of ether oxygens (including phenoxy) is 3. The lowest BCUT2D eigenvalue weighted by Crippen LogP contribution is -2.76. The standard InChI is InChI=1S/C29H37NO6.ClH/c1-4-30-15-27(2)12-11-19(34-3)29-18-14-17-10-13-28(20(18)26(33)35-17,21(24(29)30)22(31)23(27)29)36-25(32)16-8-6-5-7-9-16;/h5-9,17-24,31H,4,10-15H2,1-3H3;1H/t17-,18+,19-,20+,21-,22+,23+,24?,27-,28+,29-;/m0./s1. The zero-order valence-electron chi connectivity index (χ0n) is 21.8. The van der Waals surface area contributed by atoms with Crippen molar-refractivity contribution in [1.82, 2.24) is 4.90 Å². The molecule has 7 aliphatic rings. The minimum absolute atomic E-state index is 0. The normalized spacial score (nSPS) is 49.0. The second-order valence-electron chi connectivity index (χ2n) is 12.5. The quantitative estimate of drug-likeness (QED) is 0.595. The van der Waals surface area contributed by atoms with Crippen LogP contribution >= 0.6 is 12.4 Å². The molecule has 4 aliphatic carbocycles. The second kappa shape index (κ2) is 8.41. The Morgan fingerprint density at radius 3 is 2.68 bits per heavy atom. The Hall–Kier alpha value is -1.67. The molecule has 9 bridgehead atoms. The van der Waals surface area contributed by atoms with Gasteiger partial charge in [-0.1, -0.05) is 32.0 Å². The first kappa shape index (κ1) is 25.6. The molecule has 8 rings (SSSR count). The molecule has 3 aliphatic heterocycles. The number of aliphatic hydroxyl groups is 1. The summed E-state index contributed by atoms with van der Waals surface area (Å²) in [6, 6.07) is 9.02. The van der Waals surface area contributed by atoms with Crippen LogP contribution in [0.1, 0.15) is 56.3 Å². The lowest BCUT2D eigenvalue weighted by atomic mass is 9.42. The first-order chi connectivity index (χ1) is 17.3. The Kier molecular flexibility index (Phi) is 5.82. The van der Waals surface area contributed by atoms with E-state index in [-0.39, 0.29) is 65.2 Å². The number of fused-ring (bicyclic) bond motifs is 2. The number of carbonyl (C=O) groups excluding carboxylic acids is 2. The Morgan fingerprint density at radius 2 is 1.97 bits per heavy atom. The molecule has 37 heavy (non-hydrogen) atoms. The molecule has 0 amide bonds. The molecule has 1 unspecified atom stereocenters. The van der Waals surface area contributed by atoms with E-state index in [2.05, 4.69) is 18.7 Å². The number of piperidine rings is 1. The van der Waals surface area contributed by atoms with Gasteiger partial charge in [0.1, 0.15) is 17.6 Å². The predicted octanol–water partition coefficient (Wildman–Crippen LogP) is 3.47. The Morgan fingerprint density at radius 1 is 1.22 bits per heavy atom. The summed E-state index contributed by atoms with van der Waals surface area (Å²) in [7, 11) is 1.79. The lowest BCUT2D eigenvalue weighted by molar-refractivity contribution is -0.268. The number of benzene rings is 1. The van der Waals surface area contributed by atoms with E-state index in [1.54, 1.807) is 19.2 Å². The molecule has 8 heteroatoms. The lowest BCUT2D eigenvalue weighted by Gasteiger charge is -2.69. The van der Waals surface area contributed by atoms with Crippen LogP contribution in [0.3, 0.4) is 0 Å². The van der Waals surface area contributed by atoms with Gasteiger partial charge in [0, 0.05) is 36.9 Å².